The smallest absolute Gasteiger partial charge is 0.0809 e. The maximum Gasteiger partial charge on any atom is 0.0809 e. The van der Waals surface area contributed by atoms with Crippen LogP contribution in [0.2, 0.25) is 0 Å². The third kappa shape index (κ3) is 3.59. The molecule has 0 saturated heterocycles. The summed E-state index contributed by atoms with van der Waals surface area (Å²) in [7, 11) is 4.12. The topological polar surface area (TPSA) is 65.0 Å². The van der Waals surface area contributed by atoms with Gasteiger partial charge >= 0.3 is 0 Å². The van der Waals surface area contributed by atoms with Crippen LogP contribution in [0.3, 0.4) is 0 Å². The number of aliphatic hydroxyl groups is 2. The molecule has 4 fully saturated rings. The van der Waals surface area contributed by atoms with Gasteiger partial charge in [-0.1, -0.05) is 13.8 Å². The van der Waals surface area contributed by atoms with Gasteiger partial charge in [0.25, 0.3) is 0 Å². The van der Waals surface area contributed by atoms with E-state index in [9.17, 15) is 10.2 Å². The summed E-state index contributed by atoms with van der Waals surface area (Å²) >= 11 is 0. The zero-order valence-corrected chi connectivity index (χ0v) is 19.1. The Labute approximate surface area is 177 Å². The maximum absolute atomic E-state index is 12.1. The molecule has 4 aliphatic rings. The number of rotatable bonds is 6. The van der Waals surface area contributed by atoms with Gasteiger partial charge in [-0.15, -0.1) is 0 Å². The Hall–Kier alpha value is -0.200. The normalized spacial score (nSPS) is 49.6. The van der Waals surface area contributed by atoms with Gasteiger partial charge in [0.15, 0.2) is 0 Å². The second-order valence-electron chi connectivity index (χ2n) is 11.5. The molecule has 0 amide bonds. The van der Waals surface area contributed by atoms with Gasteiger partial charge in [0.2, 0.25) is 0 Å². The Morgan fingerprint density at radius 3 is 2.55 bits per heavy atom. The molecular formula is C24H44N2O3. The molecule has 8 atom stereocenters. The van der Waals surface area contributed by atoms with Crippen LogP contribution in [0.25, 0.3) is 0 Å². The minimum Gasteiger partial charge on any atom is -0.393 e. The molecule has 5 nitrogen and oxygen atoms in total. The number of hydrogen-bond donors (Lipinski definition) is 3. The Kier molecular flexibility index (Phi) is 6.11. The standard InChI is InChI=1S/C24H44N2O3/c1-22-10-8-19(27)15-17(22)5-6-21-20(22)9-11-23(2)18(7-12-24(21,23)28)16-25-29-14-13-26(3)4/h17-21,25,27-28H,5-16H2,1-4H3/t17?,18?,19?,20-,21-,22+,23-,24-/m1/s1. The molecule has 0 aromatic rings. The molecule has 0 radical (unpaired) electrons. The van der Waals surface area contributed by atoms with Gasteiger partial charge in [-0.05, 0) is 101 Å². The summed E-state index contributed by atoms with van der Waals surface area (Å²) in [5, 5.41) is 22.4. The lowest BCUT2D eigenvalue weighted by Gasteiger charge is -2.63. The Morgan fingerprint density at radius 1 is 1.00 bits per heavy atom. The van der Waals surface area contributed by atoms with Gasteiger partial charge in [-0.3, -0.25) is 0 Å². The fourth-order valence-electron chi connectivity index (χ4n) is 8.10. The van der Waals surface area contributed by atoms with Crippen LogP contribution in [0.5, 0.6) is 0 Å². The minimum atomic E-state index is -0.532. The number of hydroxylamine groups is 1. The molecule has 3 unspecified atom stereocenters. The molecular weight excluding hydrogens is 364 g/mol. The highest BCUT2D eigenvalue weighted by molar-refractivity contribution is 5.16. The van der Waals surface area contributed by atoms with Crippen molar-refractivity contribution in [1.82, 2.24) is 10.4 Å². The van der Waals surface area contributed by atoms with Crippen LogP contribution >= 0.6 is 0 Å². The predicted octanol–water partition coefficient (Wildman–Crippen LogP) is 3.20. The first-order valence-electron chi connectivity index (χ1n) is 12.1. The van der Waals surface area contributed by atoms with Crippen LogP contribution in [-0.4, -0.2) is 60.6 Å². The summed E-state index contributed by atoms with van der Waals surface area (Å²) < 4.78 is 0. The minimum absolute atomic E-state index is 0.0105. The average molecular weight is 409 g/mol. The van der Waals surface area contributed by atoms with Crippen molar-refractivity contribution in [3.63, 3.8) is 0 Å². The fourth-order valence-corrected chi connectivity index (χ4v) is 8.10. The van der Waals surface area contributed by atoms with E-state index in [1.54, 1.807) is 0 Å². The lowest BCUT2D eigenvalue weighted by molar-refractivity contribution is -0.211. The third-order valence-electron chi connectivity index (χ3n) is 10.1. The molecule has 5 heteroatoms. The lowest BCUT2D eigenvalue weighted by Crippen LogP contribution is -2.62. The number of nitrogens with one attached hydrogen (secondary N) is 1. The zero-order chi connectivity index (χ0) is 20.9. The van der Waals surface area contributed by atoms with Crippen molar-refractivity contribution in [3.8, 4) is 0 Å². The van der Waals surface area contributed by atoms with Gasteiger partial charge < -0.3 is 20.0 Å². The second kappa shape index (κ2) is 8.05. The summed E-state index contributed by atoms with van der Waals surface area (Å²) in [6.45, 7) is 7.30. The van der Waals surface area contributed by atoms with Crippen LogP contribution < -0.4 is 5.48 Å². The number of fused-ring (bicyclic) bond motifs is 5. The summed E-state index contributed by atoms with van der Waals surface area (Å²) in [5.74, 6) is 2.17. The molecule has 0 aromatic heterocycles. The predicted molar refractivity (Wildman–Crippen MR) is 115 cm³/mol. The Morgan fingerprint density at radius 2 is 1.79 bits per heavy atom. The van der Waals surface area contributed by atoms with Crippen molar-refractivity contribution in [2.45, 2.75) is 83.3 Å². The maximum atomic E-state index is 12.1. The third-order valence-corrected chi connectivity index (χ3v) is 10.1. The largest absolute Gasteiger partial charge is 0.393 e. The molecule has 0 aromatic carbocycles. The van der Waals surface area contributed by atoms with E-state index in [0.29, 0.717) is 35.7 Å². The first-order chi connectivity index (χ1) is 13.7. The quantitative estimate of drug-likeness (QED) is 0.465. The molecule has 168 valence electrons. The van der Waals surface area contributed by atoms with Crippen molar-refractivity contribution in [1.29, 1.82) is 0 Å². The number of aliphatic hydroxyl groups excluding tert-OH is 1. The highest BCUT2D eigenvalue weighted by atomic mass is 16.6. The Balaban J connectivity index is 1.44. The highest BCUT2D eigenvalue weighted by Gasteiger charge is 2.66. The van der Waals surface area contributed by atoms with E-state index in [4.69, 9.17) is 4.84 Å². The zero-order valence-electron chi connectivity index (χ0n) is 19.1. The molecule has 0 heterocycles. The van der Waals surface area contributed by atoms with E-state index < -0.39 is 5.60 Å². The highest BCUT2D eigenvalue weighted by Crippen LogP contribution is 2.68. The van der Waals surface area contributed by atoms with Crippen molar-refractivity contribution >= 4 is 0 Å². The van der Waals surface area contributed by atoms with Gasteiger partial charge in [-0.2, -0.15) is 0 Å². The van der Waals surface area contributed by atoms with Crippen LogP contribution in [0.1, 0.15) is 71.6 Å². The summed E-state index contributed by atoms with van der Waals surface area (Å²) in [5.41, 5.74) is 2.99. The molecule has 0 spiro atoms. The van der Waals surface area contributed by atoms with Crippen LogP contribution in [0, 0.1) is 34.5 Å². The first kappa shape index (κ1) is 22.0. The SMILES string of the molecule is CN(C)CCONCC1CC[C@@]2(O)[C@@H]3CCC4CC(O)CC[C@]4(C)[C@@H]3CC[C@]12C. The first-order valence-corrected chi connectivity index (χ1v) is 12.1. The summed E-state index contributed by atoms with van der Waals surface area (Å²) in [4.78, 5) is 7.80. The summed E-state index contributed by atoms with van der Waals surface area (Å²) in [6.07, 6.45) is 9.69. The molecule has 4 rings (SSSR count). The van der Waals surface area contributed by atoms with Crippen LogP contribution in [-0.2, 0) is 4.84 Å². The van der Waals surface area contributed by atoms with Gasteiger partial charge in [-0.25, -0.2) is 5.48 Å². The van der Waals surface area contributed by atoms with Crippen LogP contribution in [0.4, 0.5) is 0 Å². The fraction of sp³-hybridized carbons (Fsp3) is 1.00. The van der Waals surface area contributed by atoms with E-state index in [2.05, 4.69) is 38.3 Å². The van der Waals surface area contributed by atoms with E-state index in [1.807, 2.05) is 0 Å². The van der Waals surface area contributed by atoms with Gasteiger partial charge in [0.1, 0.15) is 0 Å². The molecule has 0 aliphatic heterocycles. The van der Waals surface area contributed by atoms with Crippen LogP contribution in [0.15, 0.2) is 0 Å². The van der Waals surface area contributed by atoms with Crippen molar-refractivity contribution < 1.29 is 15.1 Å². The number of likely N-dealkylation sites (N-methyl/N-ethyl adjacent to an activating group) is 1. The van der Waals surface area contributed by atoms with Crippen molar-refractivity contribution in [2.24, 2.45) is 34.5 Å². The van der Waals surface area contributed by atoms with E-state index in [-0.39, 0.29) is 11.5 Å². The molecule has 4 saturated carbocycles. The molecule has 0 bridgehead atoms. The number of nitrogens with zero attached hydrogens (tertiary/aromatic N) is 1. The van der Waals surface area contributed by atoms with Gasteiger partial charge in [0, 0.05) is 18.5 Å². The summed E-state index contributed by atoms with van der Waals surface area (Å²) in [6, 6.07) is 0. The van der Waals surface area contributed by atoms with Crippen molar-refractivity contribution in [2.75, 3.05) is 33.8 Å². The molecule has 3 N–H and O–H groups in total. The molecule has 4 aliphatic carbocycles. The number of hydrogen-bond acceptors (Lipinski definition) is 5. The van der Waals surface area contributed by atoms with E-state index >= 15 is 0 Å². The van der Waals surface area contributed by atoms with E-state index in [1.165, 1.54) is 12.8 Å². The lowest BCUT2D eigenvalue weighted by atomic mass is 9.43. The second-order valence-corrected chi connectivity index (χ2v) is 11.5. The van der Waals surface area contributed by atoms with Crippen molar-refractivity contribution in [3.05, 3.63) is 0 Å². The van der Waals surface area contributed by atoms with Gasteiger partial charge in [0.05, 0.1) is 18.3 Å². The molecule has 29 heavy (non-hydrogen) atoms. The van der Waals surface area contributed by atoms with E-state index in [0.717, 1.165) is 58.0 Å². The monoisotopic (exact) mass is 408 g/mol. The Bertz CT molecular complexity index is 586. The average Bonchev–Trinajstić information content (AvgIpc) is 2.93.